The standard InChI is InChI=1S/C18H19N5O/c24-18-7-3-10-22(18)11-4-12-23-13-17(20-21-23)16-9-8-14-5-1-2-6-15(14)19-16/h1-2,5-6,8-9,13H,3-4,7,10-12H2. The first kappa shape index (κ1) is 14.8. The molecule has 122 valence electrons. The molecule has 0 N–H and O–H groups in total. The number of carbonyl (C=O) groups excluding carboxylic acids is 1. The molecule has 4 rings (SSSR count). The number of nitrogens with zero attached hydrogens (tertiary/aromatic N) is 5. The summed E-state index contributed by atoms with van der Waals surface area (Å²) in [5.74, 6) is 0.273. The second-order valence-corrected chi connectivity index (χ2v) is 6.09. The summed E-state index contributed by atoms with van der Waals surface area (Å²) in [4.78, 5) is 18.2. The molecule has 1 aliphatic heterocycles. The number of aromatic nitrogens is 4. The summed E-state index contributed by atoms with van der Waals surface area (Å²) in [6, 6.07) is 12.1. The monoisotopic (exact) mass is 321 g/mol. The van der Waals surface area contributed by atoms with Gasteiger partial charge in [-0.1, -0.05) is 29.5 Å². The maximum Gasteiger partial charge on any atom is 0.222 e. The Kier molecular flexibility index (Phi) is 3.94. The highest BCUT2D eigenvalue weighted by Crippen LogP contribution is 2.19. The molecule has 1 aliphatic rings. The fraction of sp³-hybridized carbons (Fsp3) is 0.333. The molecule has 1 fully saturated rings. The Morgan fingerprint density at radius 1 is 1.04 bits per heavy atom. The molecule has 0 bridgehead atoms. The summed E-state index contributed by atoms with van der Waals surface area (Å²) in [6.45, 7) is 2.44. The van der Waals surface area contributed by atoms with Crippen molar-refractivity contribution < 1.29 is 4.79 Å². The number of hydrogen-bond acceptors (Lipinski definition) is 4. The minimum absolute atomic E-state index is 0.273. The Bertz CT molecular complexity index is 872. The van der Waals surface area contributed by atoms with E-state index < -0.39 is 0 Å². The van der Waals surface area contributed by atoms with E-state index >= 15 is 0 Å². The van der Waals surface area contributed by atoms with Gasteiger partial charge in [0.2, 0.25) is 5.91 Å². The molecule has 0 atom stereocenters. The van der Waals surface area contributed by atoms with E-state index in [1.165, 1.54) is 0 Å². The number of carbonyl (C=O) groups is 1. The van der Waals surface area contributed by atoms with Gasteiger partial charge in [0.05, 0.1) is 17.4 Å². The molecule has 3 heterocycles. The second-order valence-electron chi connectivity index (χ2n) is 6.09. The number of amides is 1. The van der Waals surface area contributed by atoms with Crippen molar-refractivity contribution in [3.05, 3.63) is 42.6 Å². The number of para-hydroxylation sites is 1. The van der Waals surface area contributed by atoms with Crippen molar-refractivity contribution in [2.75, 3.05) is 13.1 Å². The molecule has 1 saturated heterocycles. The summed E-state index contributed by atoms with van der Waals surface area (Å²) < 4.78 is 1.83. The smallest absolute Gasteiger partial charge is 0.222 e. The van der Waals surface area contributed by atoms with E-state index in [4.69, 9.17) is 0 Å². The van der Waals surface area contributed by atoms with Crippen LogP contribution in [-0.2, 0) is 11.3 Å². The zero-order valence-electron chi connectivity index (χ0n) is 13.4. The lowest BCUT2D eigenvalue weighted by molar-refractivity contribution is -0.127. The van der Waals surface area contributed by atoms with Gasteiger partial charge >= 0.3 is 0 Å². The van der Waals surface area contributed by atoms with Gasteiger partial charge in [0.25, 0.3) is 0 Å². The van der Waals surface area contributed by atoms with E-state index in [0.717, 1.165) is 54.8 Å². The summed E-state index contributed by atoms with van der Waals surface area (Å²) >= 11 is 0. The van der Waals surface area contributed by atoms with Gasteiger partial charge in [0, 0.05) is 31.4 Å². The first-order valence-corrected chi connectivity index (χ1v) is 8.34. The molecule has 0 saturated carbocycles. The van der Waals surface area contributed by atoms with Gasteiger partial charge in [0.1, 0.15) is 5.69 Å². The first-order valence-electron chi connectivity index (χ1n) is 8.34. The minimum Gasteiger partial charge on any atom is -0.343 e. The average molecular weight is 321 g/mol. The van der Waals surface area contributed by atoms with Gasteiger partial charge in [-0.3, -0.25) is 9.48 Å². The molecule has 0 unspecified atom stereocenters. The molecule has 3 aromatic rings. The van der Waals surface area contributed by atoms with Crippen LogP contribution in [-0.4, -0.2) is 43.9 Å². The normalized spacial score (nSPS) is 14.7. The highest BCUT2D eigenvalue weighted by Gasteiger charge is 2.19. The van der Waals surface area contributed by atoms with Crippen molar-refractivity contribution in [1.82, 2.24) is 24.9 Å². The number of aryl methyl sites for hydroxylation is 1. The lowest BCUT2D eigenvalue weighted by Gasteiger charge is -2.14. The van der Waals surface area contributed by atoms with Gasteiger partial charge in [-0.2, -0.15) is 0 Å². The van der Waals surface area contributed by atoms with Crippen molar-refractivity contribution in [3.8, 4) is 11.4 Å². The first-order chi connectivity index (χ1) is 11.8. The van der Waals surface area contributed by atoms with Crippen LogP contribution >= 0.6 is 0 Å². The third-order valence-corrected chi connectivity index (χ3v) is 4.39. The summed E-state index contributed by atoms with van der Waals surface area (Å²) in [7, 11) is 0. The van der Waals surface area contributed by atoms with E-state index in [-0.39, 0.29) is 5.91 Å². The Morgan fingerprint density at radius 3 is 2.83 bits per heavy atom. The minimum atomic E-state index is 0.273. The SMILES string of the molecule is O=C1CCCN1CCCn1cc(-c2ccc3ccccc3n2)nn1. The summed E-state index contributed by atoms with van der Waals surface area (Å²) in [6.07, 6.45) is 4.49. The van der Waals surface area contributed by atoms with E-state index in [9.17, 15) is 4.79 Å². The fourth-order valence-electron chi connectivity index (χ4n) is 3.10. The van der Waals surface area contributed by atoms with E-state index in [0.29, 0.717) is 6.42 Å². The number of hydrogen-bond donors (Lipinski definition) is 0. The van der Waals surface area contributed by atoms with Gasteiger partial charge < -0.3 is 4.90 Å². The van der Waals surface area contributed by atoms with Crippen molar-refractivity contribution in [2.24, 2.45) is 0 Å². The number of pyridine rings is 1. The molecule has 6 nitrogen and oxygen atoms in total. The van der Waals surface area contributed by atoms with E-state index in [1.807, 2.05) is 46.1 Å². The molecule has 0 spiro atoms. The fourth-order valence-corrected chi connectivity index (χ4v) is 3.10. The van der Waals surface area contributed by atoms with Gasteiger partial charge in [-0.15, -0.1) is 5.10 Å². The van der Waals surface area contributed by atoms with Gasteiger partial charge in [-0.05, 0) is 25.0 Å². The molecule has 0 aliphatic carbocycles. The lowest BCUT2D eigenvalue weighted by Crippen LogP contribution is -2.26. The molecular weight excluding hydrogens is 302 g/mol. The van der Waals surface area contributed by atoms with E-state index in [1.54, 1.807) is 0 Å². The molecule has 1 aromatic carbocycles. The summed E-state index contributed by atoms with van der Waals surface area (Å²) in [5, 5.41) is 9.52. The van der Waals surface area contributed by atoms with Crippen LogP contribution in [0.15, 0.2) is 42.6 Å². The van der Waals surface area contributed by atoms with Crippen molar-refractivity contribution in [2.45, 2.75) is 25.8 Å². The number of likely N-dealkylation sites (tertiary alicyclic amines) is 1. The zero-order valence-corrected chi connectivity index (χ0v) is 13.4. The quantitative estimate of drug-likeness (QED) is 0.724. The molecule has 24 heavy (non-hydrogen) atoms. The van der Waals surface area contributed by atoms with Crippen LogP contribution in [0.25, 0.3) is 22.3 Å². The van der Waals surface area contributed by atoms with E-state index in [2.05, 4.69) is 21.4 Å². The predicted octanol–water partition coefficient (Wildman–Crippen LogP) is 2.51. The lowest BCUT2D eigenvalue weighted by atomic mass is 10.2. The van der Waals surface area contributed by atoms with Crippen LogP contribution in [0, 0.1) is 0 Å². The highest BCUT2D eigenvalue weighted by molar-refractivity contribution is 5.80. The van der Waals surface area contributed by atoms with Crippen LogP contribution in [0.5, 0.6) is 0 Å². The highest BCUT2D eigenvalue weighted by atomic mass is 16.2. The number of fused-ring (bicyclic) bond motifs is 1. The number of rotatable bonds is 5. The van der Waals surface area contributed by atoms with Crippen molar-refractivity contribution in [3.63, 3.8) is 0 Å². The topological polar surface area (TPSA) is 63.9 Å². The molecule has 6 heteroatoms. The average Bonchev–Trinajstić information content (AvgIpc) is 3.24. The Hall–Kier alpha value is -2.76. The third-order valence-electron chi connectivity index (χ3n) is 4.39. The number of benzene rings is 1. The van der Waals surface area contributed by atoms with Crippen LogP contribution < -0.4 is 0 Å². The van der Waals surface area contributed by atoms with Gasteiger partial charge in [-0.25, -0.2) is 4.98 Å². The Morgan fingerprint density at radius 2 is 1.96 bits per heavy atom. The predicted molar refractivity (Wildman–Crippen MR) is 91.2 cm³/mol. The van der Waals surface area contributed by atoms with Crippen molar-refractivity contribution >= 4 is 16.8 Å². The van der Waals surface area contributed by atoms with Crippen LogP contribution in [0.1, 0.15) is 19.3 Å². The Labute approximate surface area is 140 Å². The maximum absolute atomic E-state index is 11.6. The third kappa shape index (κ3) is 2.99. The summed E-state index contributed by atoms with van der Waals surface area (Å²) in [5.41, 5.74) is 2.56. The van der Waals surface area contributed by atoms with Crippen LogP contribution in [0.3, 0.4) is 0 Å². The molecule has 2 aromatic heterocycles. The second kappa shape index (κ2) is 6.39. The molecular formula is C18H19N5O. The molecule has 1 amide bonds. The maximum atomic E-state index is 11.6. The Balaban J connectivity index is 1.42. The molecule has 0 radical (unpaired) electrons. The van der Waals surface area contributed by atoms with Gasteiger partial charge in [0.15, 0.2) is 0 Å². The van der Waals surface area contributed by atoms with Crippen molar-refractivity contribution in [1.29, 1.82) is 0 Å². The largest absolute Gasteiger partial charge is 0.343 e. The zero-order chi connectivity index (χ0) is 16.4. The van der Waals surface area contributed by atoms with Crippen LogP contribution in [0.2, 0.25) is 0 Å². The van der Waals surface area contributed by atoms with Crippen LogP contribution in [0.4, 0.5) is 0 Å².